The Morgan fingerprint density at radius 3 is 2.53 bits per heavy atom. The number of urea groups is 1. The third-order valence-electron chi connectivity index (χ3n) is 4.36. The van der Waals surface area contributed by atoms with E-state index in [1.54, 1.807) is 30.5 Å². The number of rotatable bonds is 3. The number of esters is 1. The van der Waals surface area contributed by atoms with E-state index in [1.165, 1.54) is 6.92 Å². The first-order chi connectivity index (χ1) is 14.4. The van der Waals surface area contributed by atoms with E-state index in [0.29, 0.717) is 32.9 Å². The van der Waals surface area contributed by atoms with Crippen LogP contribution < -0.4 is 15.4 Å². The van der Waals surface area contributed by atoms with Gasteiger partial charge in [-0.3, -0.25) is 9.78 Å². The molecule has 0 saturated heterocycles. The van der Waals surface area contributed by atoms with Crippen molar-refractivity contribution in [2.24, 2.45) is 0 Å². The number of hydrogen-bond donors (Lipinski definition) is 2. The predicted octanol–water partition coefficient (Wildman–Crippen LogP) is 6.26. The number of anilines is 2. The van der Waals surface area contributed by atoms with E-state index in [4.69, 9.17) is 27.9 Å². The molecule has 0 saturated carbocycles. The van der Waals surface area contributed by atoms with Crippen LogP contribution in [0.5, 0.6) is 5.75 Å². The van der Waals surface area contributed by atoms with E-state index in [-0.39, 0.29) is 5.02 Å². The number of carbonyl (C=O) groups excluding carboxylic acids is 2. The lowest BCUT2D eigenvalue weighted by Gasteiger charge is -2.14. The predicted molar refractivity (Wildman–Crippen MR) is 120 cm³/mol. The zero-order valence-electron chi connectivity index (χ0n) is 15.7. The smallest absolute Gasteiger partial charge is 0.323 e. The Hall–Kier alpha value is -3.35. The van der Waals surface area contributed by atoms with Crippen LogP contribution in [0.4, 0.5) is 16.2 Å². The molecule has 3 aromatic carbocycles. The average molecular weight is 440 g/mol. The second-order valence-electron chi connectivity index (χ2n) is 6.51. The van der Waals surface area contributed by atoms with Crippen molar-refractivity contribution >= 4 is 68.3 Å². The van der Waals surface area contributed by atoms with Crippen LogP contribution in [0.1, 0.15) is 6.92 Å². The molecule has 0 spiro atoms. The van der Waals surface area contributed by atoms with Gasteiger partial charge < -0.3 is 15.4 Å². The molecule has 150 valence electrons. The van der Waals surface area contributed by atoms with Crippen molar-refractivity contribution < 1.29 is 14.3 Å². The Bertz CT molecular complexity index is 1310. The fourth-order valence-corrected chi connectivity index (χ4v) is 3.69. The van der Waals surface area contributed by atoms with E-state index >= 15 is 0 Å². The molecule has 1 heterocycles. The number of aromatic nitrogens is 1. The molecule has 4 rings (SSSR count). The first-order valence-corrected chi connectivity index (χ1v) is 9.69. The molecule has 0 aliphatic carbocycles. The molecular formula is C22H15Cl2N3O3. The summed E-state index contributed by atoms with van der Waals surface area (Å²) in [5, 5.41) is 8.25. The minimum atomic E-state index is -0.504. The summed E-state index contributed by atoms with van der Waals surface area (Å²) in [4.78, 5) is 28.2. The summed E-state index contributed by atoms with van der Waals surface area (Å²) < 4.78 is 5.14. The summed E-state index contributed by atoms with van der Waals surface area (Å²) >= 11 is 12.6. The lowest BCUT2D eigenvalue weighted by atomic mass is 10.1. The van der Waals surface area contributed by atoms with E-state index in [2.05, 4.69) is 15.6 Å². The van der Waals surface area contributed by atoms with Gasteiger partial charge in [0.05, 0.1) is 33.1 Å². The van der Waals surface area contributed by atoms with Gasteiger partial charge in [0.2, 0.25) is 0 Å². The summed E-state index contributed by atoms with van der Waals surface area (Å²) in [6, 6.07) is 15.4. The Balaban J connectivity index is 1.65. The van der Waals surface area contributed by atoms with E-state index in [9.17, 15) is 9.59 Å². The van der Waals surface area contributed by atoms with Gasteiger partial charge in [-0.25, -0.2) is 4.79 Å². The molecule has 2 amide bonds. The third-order valence-corrected chi connectivity index (χ3v) is 4.97. The van der Waals surface area contributed by atoms with E-state index in [1.807, 2.05) is 30.3 Å². The summed E-state index contributed by atoms with van der Waals surface area (Å²) in [6.45, 7) is 1.30. The molecule has 1 aromatic heterocycles. The minimum Gasteiger partial charge on any atom is -0.427 e. The first-order valence-electron chi connectivity index (χ1n) is 8.94. The van der Waals surface area contributed by atoms with Crippen molar-refractivity contribution in [3.63, 3.8) is 0 Å². The molecular weight excluding hydrogens is 425 g/mol. The Morgan fingerprint density at radius 1 is 0.933 bits per heavy atom. The van der Waals surface area contributed by atoms with Gasteiger partial charge in [0.1, 0.15) is 5.75 Å². The fraction of sp³-hybridized carbons (Fsp3) is 0.0455. The highest BCUT2D eigenvalue weighted by molar-refractivity contribution is 6.41. The van der Waals surface area contributed by atoms with Crippen molar-refractivity contribution in [3.8, 4) is 5.75 Å². The molecule has 0 aliphatic rings. The number of nitrogens with one attached hydrogen (secondary N) is 2. The van der Waals surface area contributed by atoms with Gasteiger partial charge in [-0.05, 0) is 36.4 Å². The maximum atomic E-state index is 12.6. The molecule has 0 fully saturated rings. The van der Waals surface area contributed by atoms with Gasteiger partial charge in [0.25, 0.3) is 0 Å². The van der Waals surface area contributed by atoms with Crippen molar-refractivity contribution in [3.05, 3.63) is 70.8 Å². The highest BCUT2D eigenvalue weighted by Crippen LogP contribution is 2.38. The van der Waals surface area contributed by atoms with Gasteiger partial charge in [0.15, 0.2) is 0 Å². The molecule has 4 aromatic rings. The van der Waals surface area contributed by atoms with Crippen molar-refractivity contribution in [1.29, 1.82) is 0 Å². The SMILES string of the molecule is CC(=O)Oc1ccc2c(Cl)cc(Cl)c(NC(=O)Nc3cnc4ccccc4c3)c2c1. The van der Waals surface area contributed by atoms with E-state index < -0.39 is 12.0 Å². The van der Waals surface area contributed by atoms with Gasteiger partial charge >= 0.3 is 12.0 Å². The Labute approximate surface area is 181 Å². The van der Waals surface area contributed by atoms with Crippen molar-refractivity contribution in [1.82, 2.24) is 4.98 Å². The second-order valence-corrected chi connectivity index (χ2v) is 7.33. The van der Waals surface area contributed by atoms with Crippen LogP contribution in [0.25, 0.3) is 21.7 Å². The lowest BCUT2D eigenvalue weighted by molar-refractivity contribution is -0.131. The lowest BCUT2D eigenvalue weighted by Crippen LogP contribution is -2.20. The zero-order valence-corrected chi connectivity index (χ0v) is 17.2. The number of para-hydroxylation sites is 1. The average Bonchev–Trinajstić information content (AvgIpc) is 2.70. The van der Waals surface area contributed by atoms with Crippen LogP contribution in [-0.2, 0) is 4.79 Å². The maximum Gasteiger partial charge on any atom is 0.323 e. The number of pyridine rings is 1. The Morgan fingerprint density at radius 2 is 1.73 bits per heavy atom. The van der Waals surface area contributed by atoms with Crippen LogP contribution in [0.2, 0.25) is 10.0 Å². The maximum absolute atomic E-state index is 12.6. The number of halogens is 2. The van der Waals surface area contributed by atoms with Crippen LogP contribution >= 0.6 is 23.2 Å². The number of nitrogens with zero attached hydrogens (tertiary/aromatic N) is 1. The third kappa shape index (κ3) is 4.15. The number of ether oxygens (including phenoxy) is 1. The van der Waals surface area contributed by atoms with Crippen LogP contribution in [-0.4, -0.2) is 17.0 Å². The fourth-order valence-electron chi connectivity index (χ4n) is 3.10. The topological polar surface area (TPSA) is 80.3 Å². The van der Waals surface area contributed by atoms with Gasteiger partial charge in [-0.1, -0.05) is 41.4 Å². The molecule has 6 nitrogen and oxygen atoms in total. The Kier molecular flexibility index (Phi) is 5.44. The zero-order chi connectivity index (χ0) is 21.3. The highest BCUT2D eigenvalue weighted by atomic mass is 35.5. The number of fused-ring (bicyclic) bond motifs is 2. The minimum absolute atomic E-state index is 0.249. The quantitative estimate of drug-likeness (QED) is 0.291. The number of carbonyl (C=O) groups is 2. The van der Waals surface area contributed by atoms with Gasteiger partial charge in [-0.15, -0.1) is 0 Å². The van der Waals surface area contributed by atoms with Crippen molar-refractivity contribution in [2.75, 3.05) is 10.6 Å². The molecule has 8 heteroatoms. The number of benzene rings is 3. The second kappa shape index (κ2) is 8.18. The van der Waals surface area contributed by atoms with E-state index in [0.717, 1.165) is 10.9 Å². The summed E-state index contributed by atoms with van der Waals surface area (Å²) in [6.07, 6.45) is 1.57. The number of hydrogen-bond acceptors (Lipinski definition) is 4. The van der Waals surface area contributed by atoms with Crippen LogP contribution in [0.3, 0.4) is 0 Å². The van der Waals surface area contributed by atoms with Gasteiger partial charge in [0, 0.05) is 23.1 Å². The summed E-state index contributed by atoms with van der Waals surface area (Å²) in [5.41, 5.74) is 1.70. The highest BCUT2D eigenvalue weighted by Gasteiger charge is 2.15. The molecule has 0 atom stereocenters. The largest absolute Gasteiger partial charge is 0.427 e. The molecule has 0 radical (unpaired) electrons. The van der Waals surface area contributed by atoms with Crippen molar-refractivity contribution in [2.45, 2.75) is 6.92 Å². The summed E-state index contributed by atoms with van der Waals surface area (Å²) in [5.74, 6) is -0.144. The molecule has 0 aliphatic heterocycles. The summed E-state index contributed by atoms with van der Waals surface area (Å²) in [7, 11) is 0. The standard InChI is InChI=1S/C22H15Cl2N3O3/c1-12(28)30-15-6-7-16-17(9-15)21(19(24)10-18(16)23)27-22(29)26-14-8-13-4-2-3-5-20(13)25-11-14/h2-11H,1H3,(H2,26,27,29). The molecule has 2 N–H and O–H groups in total. The molecule has 0 unspecified atom stereocenters. The van der Waals surface area contributed by atoms with Crippen LogP contribution in [0.15, 0.2) is 60.8 Å². The monoisotopic (exact) mass is 439 g/mol. The van der Waals surface area contributed by atoms with Crippen LogP contribution in [0, 0.1) is 0 Å². The molecule has 30 heavy (non-hydrogen) atoms. The first kappa shape index (κ1) is 19.9. The van der Waals surface area contributed by atoms with Gasteiger partial charge in [-0.2, -0.15) is 0 Å². The molecule has 0 bridgehead atoms. The number of amides is 2. The normalized spacial score (nSPS) is 10.8.